The molecule has 2 atom stereocenters. The van der Waals surface area contributed by atoms with Gasteiger partial charge in [0.25, 0.3) is 0 Å². The molecule has 6 heteroatoms. The molecule has 3 rings (SSSR count). The number of sulfone groups is 1. The maximum atomic E-state index is 11.8. The summed E-state index contributed by atoms with van der Waals surface area (Å²) in [6, 6.07) is 10.9. The highest BCUT2D eigenvalue weighted by molar-refractivity contribution is 7.91. The second kappa shape index (κ2) is 7.92. The van der Waals surface area contributed by atoms with E-state index in [2.05, 4.69) is 48.5 Å². The van der Waals surface area contributed by atoms with Gasteiger partial charge < -0.3 is 5.32 Å². The summed E-state index contributed by atoms with van der Waals surface area (Å²) in [4.78, 5) is 0. The summed E-state index contributed by atoms with van der Waals surface area (Å²) < 4.78 is 25.5. The van der Waals surface area contributed by atoms with Crippen molar-refractivity contribution >= 4 is 9.84 Å². The largest absolute Gasteiger partial charge is 0.310 e. The maximum absolute atomic E-state index is 11.8. The lowest BCUT2D eigenvalue weighted by Crippen LogP contribution is -2.26. The number of hydrogen-bond acceptors (Lipinski definition) is 4. The third-order valence-corrected chi connectivity index (χ3v) is 7.12. The fourth-order valence-corrected chi connectivity index (χ4v) is 5.37. The lowest BCUT2D eigenvalue weighted by molar-refractivity contribution is 0.483. The Morgan fingerprint density at radius 3 is 2.65 bits per heavy atom. The first-order chi connectivity index (χ1) is 12.4. The van der Waals surface area contributed by atoms with Crippen LogP contribution >= 0.6 is 0 Å². The molecule has 1 aromatic heterocycles. The van der Waals surface area contributed by atoms with Crippen molar-refractivity contribution in [2.45, 2.75) is 58.7 Å². The number of aromatic nitrogens is 2. The van der Waals surface area contributed by atoms with Crippen molar-refractivity contribution in [3.05, 3.63) is 52.8 Å². The Morgan fingerprint density at radius 1 is 1.27 bits per heavy atom. The number of nitrogens with one attached hydrogen (secondary N) is 1. The minimum atomic E-state index is -2.90. The highest BCUT2D eigenvalue weighted by Gasteiger charge is 2.31. The van der Waals surface area contributed by atoms with Gasteiger partial charge in [0.05, 0.1) is 23.2 Å². The molecule has 0 saturated carbocycles. The number of nitrogens with zero attached hydrogens (tertiary/aromatic N) is 2. The van der Waals surface area contributed by atoms with Crippen LogP contribution in [-0.4, -0.2) is 35.7 Å². The van der Waals surface area contributed by atoms with Gasteiger partial charge in [0.2, 0.25) is 0 Å². The van der Waals surface area contributed by atoms with Crippen molar-refractivity contribution in [2.75, 3.05) is 11.5 Å². The lowest BCUT2D eigenvalue weighted by Gasteiger charge is -2.15. The third kappa shape index (κ3) is 4.54. The van der Waals surface area contributed by atoms with E-state index < -0.39 is 9.84 Å². The molecule has 0 radical (unpaired) electrons. The first kappa shape index (κ1) is 19.1. The van der Waals surface area contributed by atoms with E-state index in [1.54, 1.807) is 0 Å². The molecular weight excluding hydrogens is 346 g/mol. The molecule has 0 amide bonds. The molecule has 1 aromatic carbocycles. The Hall–Kier alpha value is -1.66. The molecule has 1 saturated heterocycles. The van der Waals surface area contributed by atoms with Gasteiger partial charge in [-0.15, -0.1) is 0 Å². The number of aryl methyl sites for hydroxylation is 2. The highest BCUT2D eigenvalue weighted by atomic mass is 32.2. The highest BCUT2D eigenvalue weighted by Crippen LogP contribution is 2.26. The standard InChI is InChI=1S/C20H29N3O2S/c1-15(9-10-18-7-5-4-6-8-18)21-13-20-16(2)22-23(17(20)3)19-11-12-26(24,25)14-19/h4-8,15,19,21H,9-14H2,1-3H3. The predicted molar refractivity (Wildman–Crippen MR) is 105 cm³/mol. The van der Waals surface area contributed by atoms with Gasteiger partial charge in [0, 0.05) is 23.8 Å². The maximum Gasteiger partial charge on any atom is 0.152 e. The number of rotatable bonds is 7. The smallest absolute Gasteiger partial charge is 0.152 e. The Balaban J connectivity index is 1.58. The van der Waals surface area contributed by atoms with Crippen LogP contribution < -0.4 is 5.32 Å². The fourth-order valence-electron chi connectivity index (χ4n) is 3.68. The minimum absolute atomic E-state index is 0.0112. The molecule has 2 unspecified atom stereocenters. The molecule has 1 aliphatic rings. The van der Waals surface area contributed by atoms with Crippen molar-refractivity contribution in [2.24, 2.45) is 0 Å². The summed E-state index contributed by atoms with van der Waals surface area (Å²) in [7, 11) is -2.90. The average Bonchev–Trinajstić information content (AvgIpc) is 3.11. The van der Waals surface area contributed by atoms with Crippen molar-refractivity contribution in [1.29, 1.82) is 0 Å². The van der Waals surface area contributed by atoms with E-state index in [1.807, 2.05) is 17.7 Å². The van der Waals surface area contributed by atoms with E-state index in [0.717, 1.165) is 30.8 Å². The summed E-state index contributed by atoms with van der Waals surface area (Å²) in [6.07, 6.45) is 2.81. The van der Waals surface area contributed by atoms with Gasteiger partial charge in [-0.1, -0.05) is 30.3 Å². The molecule has 5 nitrogen and oxygen atoms in total. The normalized spacial score (nSPS) is 20.3. The molecular formula is C20H29N3O2S. The Kier molecular flexibility index (Phi) is 5.82. The van der Waals surface area contributed by atoms with Crippen LogP contribution in [0.2, 0.25) is 0 Å². The lowest BCUT2D eigenvalue weighted by atomic mass is 10.1. The van der Waals surface area contributed by atoms with Crippen LogP contribution in [0.15, 0.2) is 30.3 Å². The van der Waals surface area contributed by atoms with Crippen LogP contribution in [0, 0.1) is 13.8 Å². The van der Waals surface area contributed by atoms with Gasteiger partial charge in [-0.2, -0.15) is 5.10 Å². The van der Waals surface area contributed by atoms with Gasteiger partial charge in [-0.25, -0.2) is 8.42 Å². The van der Waals surface area contributed by atoms with Gasteiger partial charge in [0.15, 0.2) is 9.84 Å². The van der Waals surface area contributed by atoms with Crippen LogP contribution in [0.25, 0.3) is 0 Å². The molecule has 0 bridgehead atoms. The molecule has 2 aromatic rings. The Bertz CT molecular complexity index is 843. The fraction of sp³-hybridized carbons (Fsp3) is 0.550. The quantitative estimate of drug-likeness (QED) is 0.808. The molecule has 26 heavy (non-hydrogen) atoms. The van der Waals surface area contributed by atoms with E-state index in [0.29, 0.717) is 12.5 Å². The van der Waals surface area contributed by atoms with Gasteiger partial charge in [0.1, 0.15) is 0 Å². The zero-order chi connectivity index (χ0) is 18.7. The molecule has 1 aliphatic heterocycles. The zero-order valence-corrected chi connectivity index (χ0v) is 16.7. The van der Waals surface area contributed by atoms with Gasteiger partial charge >= 0.3 is 0 Å². The van der Waals surface area contributed by atoms with Crippen LogP contribution in [0.3, 0.4) is 0 Å². The van der Waals surface area contributed by atoms with Crippen LogP contribution in [-0.2, 0) is 22.8 Å². The van der Waals surface area contributed by atoms with Crippen LogP contribution in [0.4, 0.5) is 0 Å². The number of benzene rings is 1. The van der Waals surface area contributed by atoms with Crippen molar-refractivity contribution in [3.8, 4) is 0 Å². The summed E-state index contributed by atoms with van der Waals surface area (Å²) >= 11 is 0. The molecule has 1 N–H and O–H groups in total. The van der Waals surface area contributed by atoms with E-state index in [4.69, 9.17) is 0 Å². The zero-order valence-electron chi connectivity index (χ0n) is 15.9. The second-order valence-electron chi connectivity index (χ2n) is 7.46. The average molecular weight is 376 g/mol. The van der Waals surface area contributed by atoms with E-state index in [9.17, 15) is 8.42 Å². The minimum Gasteiger partial charge on any atom is -0.310 e. The predicted octanol–water partition coefficient (Wildman–Crippen LogP) is 2.97. The van der Waals surface area contributed by atoms with Gasteiger partial charge in [-0.3, -0.25) is 4.68 Å². The first-order valence-electron chi connectivity index (χ1n) is 9.38. The Morgan fingerprint density at radius 2 is 2.00 bits per heavy atom. The first-order valence-corrected chi connectivity index (χ1v) is 11.2. The second-order valence-corrected chi connectivity index (χ2v) is 9.69. The molecule has 0 aliphatic carbocycles. The topological polar surface area (TPSA) is 64.0 Å². The van der Waals surface area contributed by atoms with Crippen molar-refractivity contribution < 1.29 is 8.42 Å². The van der Waals surface area contributed by atoms with Gasteiger partial charge in [-0.05, 0) is 45.6 Å². The van der Waals surface area contributed by atoms with Crippen LogP contribution in [0.1, 0.15) is 48.3 Å². The molecule has 0 spiro atoms. The Labute approximate surface area is 156 Å². The van der Waals surface area contributed by atoms with Crippen molar-refractivity contribution in [3.63, 3.8) is 0 Å². The summed E-state index contributed by atoms with van der Waals surface area (Å²) in [5.41, 5.74) is 4.64. The van der Waals surface area contributed by atoms with Crippen molar-refractivity contribution in [1.82, 2.24) is 15.1 Å². The summed E-state index contributed by atoms with van der Waals surface area (Å²) in [5, 5.41) is 8.24. The van der Waals surface area contributed by atoms with E-state index >= 15 is 0 Å². The SMILES string of the molecule is Cc1nn(C2CCS(=O)(=O)C2)c(C)c1CNC(C)CCc1ccccc1. The molecule has 142 valence electrons. The third-order valence-electron chi connectivity index (χ3n) is 5.37. The molecule has 2 heterocycles. The van der Waals surface area contributed by atoms with Crippen LogP contribution in [0.5, 0.6) is 0 Å². The van der Waals surface area contributed by atoms with E-state index in [1.165, 1.54) is 11.1 Å². The number of hydrogen-bond donors (Lipinski definition) is 1. The van der Waals surface area contributed by atoms with E-state index in [-0.39, 0.29) is 17.5 Å². The monoisotopic (exact) mass is 375 g/mol. The summed E-state index contributed by atoms with van der Waals surface area (Å²) in [5.74, 6) is 0.495. The summed E-state index contributed by atoms with van der Waals surface area (Å²) in [6.45, 7) is 7.05. The molecule has 1 fully saturated rings.